The van der Waals surface area contributed by atoms with Crippen molar-refractivity contribution in [2.45, 2.75) is 77.7 Å². The first-order valence-electron chi connectivity index (χ1n) is 7.44. The van der Waals surface area contributed by atoms with Gasteiger partial charge in [-0.2, -0.15) is 0 Å². The molecule has 20 heavy (non-hydrogen) atoms. The predicted octanol–water partition coefficient (Wildman–Crippen LogP) is 2.04. The van der Waals surface area contributed by atoms with Crippen molar-refractivity contribution in [3.8, 4) is 0 Å². The number of nitrogens with one attached hydrogen (secondary N) is 2. The maximum Gasteiger partial charge on any atom is 0.315 e. The Hall–Kier alpha value is -0.810. The van der Waals surface area contributed by atoms with Crippen LogP contribution in [0.3, 0.4) is 0 Å². The van der Waals surface area contributed by atoms with Crippen LogP contribution in [-0.2, 0) is 4.74 Å². The molecular weight excluding hydrogens is 256 g/mol. The summed E-state index contributed by atoms with van der Waals surface area (Å²) in [7, 11) is 0. The third-order valence-corrected chi connectivity index (χ3v) is 3.62. The molecule has 5 nitrogen and oxygen atoms in total. The van der Waals surface area contributed by atoms with Gasteiger partial charge in [-0.25, -0.2) is 4.79 Å². The standard InChI is InChI=1S/C15H30N2O3/c1-10(2)7-11(18)9-16-13(19)17-12-8-14(3,4)20-15(12,5)6/h10-12,18H,7-9H2,1-6H3,(H2,16,17,19). The molecule has 1 aliphatic rings. The van der Waals surface area contributed by atoms with Crippen LogP contribution in [0.1, 0.15) is 54.4 Å². The van der Waals surface area contributed by atoms with Crippen LogP contribution in [-0.4, -0.2) is 41.0 Å². The number of aliphatic hydroxyl groups is 1. The molecule has 0 aromatic rings. The Labute approximate surface area is 122 Å². The molecule has 1 rings (SSSR count). The number of hydrogen-bond donors (Lipinski definition) is 3. The number of ether oxygens (including phenoxy) is 1. The second-order valence-electron chi connectivity index (χ2n) is 7.36. The Kier molecular flexibility index (Phi) is 5.44. The summed E-state index contributed by atoms with van der Waals surface area (Å²) in [4.78, 5) is 11.9. The minimum atomic E-state index is -0.495. The van der Waals surface area contributed by atoms with E-state index in [9.17, 15) is 9.90 Å². The van der Waals surface area contributed by atoms with Crippen molar-refractivity contribution < 1.29 is 14.6 Å². The molecule has 0 aromatic heterocycles. The van der Waals surface area contributed by atoms with Crippen LogP contribution in [0.2, 0.25) is 0 Å². The molecule has 0 aromatic carbocycles. The Morgan fingerprint density at radius 2 is 1.95 bits per heavy atom. The fourth-order valence-electron chi connectivity index (χ4n) is 2.83. The first-order valence-corrected chi connectivity index (χ1v) is 7.44. The molecule has 2 atom stereocenters. The van der Waals surface area contributed by atoms with Crippen molar-refractivity contribution in [2.24, 2.45) is 5.92 Å². The SMILES string of the molecule is CC(C)CC(O)CNC(=O)NC1CC(C)(C)OC1(C)C. The van der Waals surface area contributed by atoms with Gasteiger partial charge < -0.3 is 20.5 Å². The highest BCUT2D eigenvalue weighted by Crippen LogP contribution is 2.37. The van der Waals surface area contributed by atoms with Crippen LogP contribution < -0.4 is 10.6 Å². The van der Waals surface area contributed by atoms with Crippen LogP contribution in [0, 0.1) is 5.92 Å². The number of carbonyl (C=O) groups excluding carboxylic acids is 1. The second kappa shape index (κ2) is 6.31. The molecule has 1 fully saturated rings. The number of aliphatic hydroxyl groups excluding tert-OH is 1. The zero-order valence-electron chi connectivity index (χ0n) is 13.6. The number of carbonyl (C=O) groups is 1. The summed E-state index contributed by atoms with van der Waals surface area (Å²) in [5.41, 5.74) is -0.601. The molecule has 0 spiro atoms. The first kappa shape index (κ1) is 17.2. The van der Waals surface area contributed by atoms with Gasteiger partial charge in [0, 0.05) is 6.54 Å². The number of amides is 2. The molecule has 0 radical (unpaired) electrons. The molecule has 3 N–H and O–H groups in total. The van der Waals surface area contributed by atoms with Gasteiger partial charge in [-0.3, -0.25) is 0 Å². The lowest BCUT2D eigenvalue weighted by atomic mass is 9.95. The van der Waals surface area contributed by atoms with E-state index in [-0.39, 0.29) is 29.8 Å². The second-order valence-corrected chi connectivity index (χ2v) is 7.36. The Bertz CT molecular complexity index is 340. The van der Waals surface area contributed by atoms with E-state index in [1.807, 2.05) is 41.5 Å². The smallest absolute Gasteiger partial charge is 0.315 e. The summed E-state index contributed by atoms with van der Waals surface area (Å²) in [6.45, 7) is 12.4. The quantitative estimate of drug-likeness (QED) is 0.724. The summed E-state index contributed by atoms with van der Waals surface area (Å²) in [6.07, 6.45) is 0.970. The maximum absolute atomic E-state index is 11.9. The van der Waals surface area contributed by atoms with Gasteiger partial charge in [-0.1, -0.05) is 13.8 Å². The maximum atomic E-state index is 11.9. The third kappa shape index (κ3) is 5.29. The fourth-order valence-corrected chi connectivity index (χ4v) is 2.83. The first-order chi connectivity index (χ1) is 9.02. The molecule has 0 saturated carbocycles. The lowest BCUT2D eigenvalue weighted by molar-refractivity contribution is -0.0690. The van der Waals surface area contributed by atoms with Gasteiger partial charge in [0.25, 0.3) is 0 Å². The van der Waals surface area contributed by atoms with Gasteiger partial charge in [0.2, 0.25) is 0 Å². The lowest BCUT2D eigenvalue weighted by Gasteiger charge is -2.27. The topological polar surface area (TPSA) is 70.6 Å². The van der Waals surface area contributed by atoms with E-state index >= 15 is 0 Å². The summed E-state index contributed by atoms with van der Waals surface area (Å²) in [5, 5.41) is 15.4. The zero-order chi connectivity index (χ0) is 15.6. The van der Waals surface area contributed by atoms with E-state index in [0.29, 0.717) is 12.3 Å². The van der Waals surface area contributed by atoms with Crippen LogP contribution in [0.15, 0.2) is 0 Å². The number of hydrogen-bond acceptors (Lipinski definition) is 3. The molecule has 1 saturated heterocycles. The Morgan fingerprint density at radius 3 is 2.40 bits per heavy atom. The molecule has 1 heterocycles. The number of rotatable bonds is 5. The normalized spacial score (nSPS) is 25.5. The van der Waals surface area contributed by atoms with Crippen molar-refractivity contribution in [3.05, 3.63) is 0 Å². The molecule has 2 unspecified atom stereocenters. The molecule has 5 heteroatoms. The highest BCUT2D eigenvalue weighted by Gasteiger charge is 2.46. The van der Waals surface area contributed by atoms with Crippen molar-refractivity contribution in [1.29, 1.82) is 0 Å². The minimum absolute atomic E-state index is 0.0280. The molecule has 0 bridgehead atoms. The van der Waals surface area contributed by atoms with E-state index in [4.69, 9.17) is 4.74 Å². The average molecular weight is 286 g/mol. The molecular formula is C15H30N2O3. The lowest BCUT2D eigenvalue weighted by Crippen LogP contribution is -2.50. The van der Waals surface area contributed by atoms with Gasteiger partial charge in [-0.05, 0) is 46.5 Å². The summed E-state index contributed by atoms with van der Waals surface area (Å²) in [6, 6.07) is -0.271. The van der Waals surface area contributed by atoms with E-state index in [0.717, 1.165) is 6.42 Å². The fraction of sp³-hybridized carbons (Fsp3) is 0.933. The summed E-state index contributed by atoms with van der Waals surface area (Å²) >= 11 is 0. The highest BCUT2D eigenvalue weighted by molar-refractivity contribution is 5.74. The molecule has 0 aliphatic carbocycles. The molecule has 2 amide bonds. The highest BCUT2D eigenvalue weighted by atomic mass is 16.5. The molecule has 118 valence electrons. The van der Waals surface area contributed by atoms with Crippen molar-refractivity contribution >= 4 is 6.03 Å². The van der Waals surface area contributed by atoms with Crippen LogP contribution >= 0.6 is 0 Å². The van der Waals surface area contributed by atoms with E-state index < -0.39 is 6.10 Å². The largest absolute Gasteiger partial charge is 0.391 e. The van der Waals surface area contributed by atoms with Gasteiger partial charge in [-0.15, -0.1) is 0 Å². The zero-order valence-corrected chi connectivity index (χ0v) is 13.6. The van der Waals surface area contributed by atoms with Crippen molar-refractivity contribution in [1.82, 2.24) is 10.6 Å². The molecule has 1 aliphatic heterocycles. The van der Waals surface area contributed by atoms with E-state index in [1.165, 1.54) is 0 Å². The van der Waals surface area contributed by atoms with Crippen LogP contribution in [0.4, 0.5) is 4.79 Å². The van der Waals surface area contributed by atoms with Gasteiger partial charge in [0.1, 0.15) is 0 Å². The van der Waals surface area contributed by atoms with E-state index in [1.54, 1.807) is 0 Å². The Balaban J connectivity index is 2.39. The van der Waals surface area contributed by atoms with Crippen molar-refractivity contribution in [2.75, 3.05) is 6.54 Å². The van der Waals surface area contributed by atoms with Crippen LogP contribution in [0.5, 0.6) is 0 Å². The third-order valence-electron chi connectivity index (χ3n) is 3.62. The van der Waals surface area contributed by atoms with Crippen molar-refractivity contribution in [3.63, 3.8) is 0 Å². The van der Waals surface area contributed by atoms with E-state index in [2.05, 4.69) is 10.6 Å². The summed E-state index contributed by atoms with van der Waals surface area (Å²) < 4.78 is 5.94. The predicted molar refractivity (Wildman–Crippen MR) is 79.6 cm³/mol. The average Bonchev–Trinajstić information content (AvgIpc) is 2.42. The Morgan fingerprint density at radius 1 is 1.35 bits per heavy atom. The monoisotopic (exact) mass is 286 g/mol. The van der Waals surface area contributed by atoms with Gasteiger partial charge in [0.15, 0.2) is 0 Å². The number of urea groups is 1. The summed E-state index contributed by atoms with van der Waals surface area (Å²) in [5.74, 6) is 0.415. The minimum Gasteiger partial charge on any atom is -0.391 e. The van der Waals surface area contributed by atoms with Gasteiger partial charge in [0.05, 0.1) is 23.3 Å². The van der Waals surface area contributed by atoms with Crippen LogP contribution in [0.25, 0.3) is 0 Å². The van der Waals surface area contributed by atoms with Gasteiger partial charge >= 0.3 is 6.03 Å².